The molecule has 1 saturated heterocycles. The summed E-state index contributed by atoms with van der Waals surface area (Å²) in [6, 6.07) is 7.58. The molecular weight excluding hydrogens is 444 g/mol. The third-order valence-corrected chi connectivity index (χ3v) is 7.69. The number of nitrogens with one attached hydrogen (secondary N) is 1. The topological polar surface area (TPSA) is 79.4 Å². The maximum absolute atomic E-state index is 12.8. The van der Waals surface area contributed by atoms with E-state index in [0.29, 0.717) is 12.8 Å². The molecule has 156 valence electrons. The molecule has 1 aromatic heterocycles. The lowest BCUT2D eigenvalue weighted by molar-refractivity contribution is -0.120. The molecule has 29 heavy (non-hydrogen) atoms. The zero-order valence-corrected chi connectivity index (χ0v) is 17.5. The summed E-state index contributed by atoms with van der Waals surface area (Å²) in [6.45, 7) is 0.368. The van der Waals surface area contributed by atoms with E-state index in [4.69, 9.17) is 11.6 Å². The molecular formula is C18H18ClF2N3O3S2. The van der Waals surface area contributed by atoms with Crippen LogP contribution in [0.1, 0.15) is 12.8 Å². The molecule has 1 N–H and O–H groups in total. The summed E-state index contributed by atoms with van der Waals surface area (Å²) in [5, 5.41) is 2.79. The smallest absolute Gasteiger partial charge is 0.289 e. The van der Waals surface area contributed by atoms with Crippen molar-refractivity contribution in [3.63, 3.8) is 0 Å². The van der Waals surface area contributed by atoms with Gasteiger partial charge in [-0.3, -0.25) is 9.78 Å². The second-order valence-corrected chi connectivity index (χ2v) is 9.70. The Hall–Kier alpha value is -1.75. The standard InChI is InChI=1S/C18H18ClF2N3O3S2/c19-14-4-1-5-15(16(14)28-18(20)21)23-17(25)12-6-9-24(10-7-12)29(26,27)13-3-2-8-22-11-13/h1-5,8,11-12,18H,6-7,9-10H2,(H,23,25). The van der Waals surface area contributed by atoms with Crippen LogP contribution in [-0.2, 0) is 14.8 Å². The van der Waals surface area contributed by atoms with Crippen molar-refractivity contribution in [2.45, 2.75) is 28.4 Å². The first kappa shape index (κ1) is 21.9. The Labute approximate surface area is 176 Å². The van der Waals surface area contributed by atoms with E-state index in [9.17, 15) is 22.0 Å². The van der Waals surface area contributed by atoms with Gasteiger partial charge in [0.15, 0.2) is 0 Å². The van der Waals surface area contributed by atoms with E-state index in [1.54, 1.807) is 12.1 Å². The van der Waals surface area contributed by atoms with E-state index >= 15 is 0 Å². The number of piperidine rings is 1. The highest BCUT2D eigenvalue weighted by atomic mass is 35.5. The molecule has 11 heteroatoms. The van der Waals surface area contributed by atoms with E-state index in [0.717, 1.165) is 0 Å². The molecule has 1 amide bonds. The van der Waals surface area contributed by atoms with Crippen LogP contribution in [0.25, 0.3) is 0 Å². The van der Waals surface area contributed by atoms with Crippen LogP contribution < -0.4 is 5.32 Å². The first-order valence-corrected chi connectivity index (χ1v) is 11.4. The number of aromatic nitrogens is 1. The van der Waals surface area contributed by atoms with E-state index in [1.807, 2.05) is 0 Å². The highest BCUT2D eigenvalue weighted by molar-refractivity contribution is 7.99. The maximum atomic E-state index is 12.8. The van der Waals surface area contributed by atoms with Crippen molar-refractivity contribution in [3.8, 4) is 0 Å². The van der Waals surface area contributed by atoms with Crippen LogP contribution in [0, 0.1) is 5.92 Å². The predicted molar refractivity (Wildman–Crippen MR) is 108 cm³/mol. The molecule has 1 aromatic carbocycles. The molecule has 1 aliphatic heterocycles. The Kier molecular flexibility index (Phi) is 7.10. The second-order valence-electron chi connectivity index (χ2n) is 6.35. The zero-order chi connectivity index (χ0) is 21.0. The number of sulfonamides is 1. The lowest BCUT2D eigenvalue weighted by atomic mass is 9.97. The predicted octanol–water partition coefficient (Wildman–Crippen LogP) is 4.09. The molecule has 0 aliphatic carbocycles. The molecule has 0 spiro atoms. The largest absolute Gasteiger partial charge is 0.325 e. The number of benzene rings is 1. The number of alkyl halides is 2. The van der Waals surface area contributed by atoms with E-state index in [-0.39, 0.29) is 51.3 Å². The summed E-state index contributed by atoms with van der Waals surface area (Å²) < 4.78 is 52.2. The lowest BCUT2D eigenvalue weighted by Crippen LogP contribution is -2.41. The van der Waals surface area contributed by atoms with Crippen LogP contribution in [0.2, 0.25) is 5.02 Å². The minimum absolute atomic E-state index is 0.106. The van der Waals surface area contributed by atoms with Gasteiger partial charge in [0.25, 0.3) is 5.76 Å². The monoisotopic (exact) mass is 461 g/mol. The number of anilines is 1. The van der Waals surface area contributed by atoms with E-state index in [1.165, 1.54) is 34.9 Å². The SMILES string of the molecule is O=C(Nc1cccc(Cl)c1SC(F)F)C1CCN(S(=O)(=O)c2cccnc2)CC1. The quantitative estimate of drug-likeness (QED) is 0.655. The van der Waals surface area contributed by atoms with Crippen molar-refractivity contribution >= 4 is 45.0 Å². The number of carbonyl (C=O) groups is 1. The molecule has 0 unspecified atom stereocenters. The van der Waals surface area contributed by atoms with Gasteiger partial charge >= 0.3 is 0 Å². The molecule has 1 fully saturated rings. The van der Waals surface area contributed by atoms with E-state index in [2.05, 4.69) is 10.3 Å². The van der Waals surface area contributed by atoms with Crippen molar-refractivity contribution in [1.29, 1.82) is 0 Å². The molecule has 1 aliphatic rings. The van der Waals surface area contributed by atoms with Crippen molar-refractivity contribution in [2.24, 2.45) is 5.92 Å². The van der Waals surface area contributed by atoms with Gasteiger partial charge in [-0.05, 0) is 37.1 Å². The van der Waals surface area contributed by atoms with Gasteiger partial charge in [-0.1, -0.05) is 29.4 Å². The van der Waals surface area contributed by atoms with Crippen molar-refractivity contribution < 1.29 is 22.0 Å². The fourth-order valence-corrected chi connectivity index (χ4v) is 5.41. The summed E-state index contributed by atoms with van der Waals surface area (Å²) in [6.07, 6.45) is 3.42. The van der Waals surface area contributed by atoms with Gasteiger partial charge in [0.1, 0.15) is 4.90 Å². The first-order chi connectivity index (χ1) is 13.8. The summed E-state index contributed by atoms with van der Waals surface area (Å²) in [5.41, 5.74) is 0.221. The minimum atomic E-state index is -3.66. The van der Waals surface area contributed by atoms with Gasteiger partial charge in [0.2, 0.25) is 15.9 Å². The number of carbonyl (C=O) groups excluding carboxylic acids is 1. The van der Waals surface area contributed by atoms with Crippen LogP contribution in [-0.4, -0.2) is 42.5 Å². The number of nitrogens with zero attached hydrogens (tertiary/aromatic N) is 2. The Morgan fingerprint density at radius 1 is 1.24 bits per heavy atom. The third kappa shape index (κ3) is 5.25. The Bertz CT molecular complexity index is 970. The highest BCUT2D eigenvalue weighted by Gasteiger charge is 2.32. The normalized spacial score (nSPS) is 16.1. The molecule has 0 bridgehead atoms. The minimum Gasteiger partial charge on any atom is -0.325 e. The summed E-state index contributed by atoms with van der Waals surface area (Å²) in [4.78, 5) is 16.7. The van der Waals surface area contributed by atoms with Crippen molar-refractivity contribution in [1.82, 2.24) is 9.29 Å². The third-order valence-electron chi connectivity index (χ3n) is 4.53. The van der Waals surface area contributed by atoms with Gasteiger partial charge in [0, 0.05) is 31.4 Å². The number of amides is 1. The fraction of sp³-hybridized carbons (Fsp3) is 0.333. The highest BCUT2D eigenvalue weighted by Crippen LogP contribution is 2.38. The number of thioether (sulfide) groups is 1. The molecule has 0 saturated carbocycles. The first-order valence-electron chi connectivity index (χ1n) is 8.73. The average molecular weight is 462 g/mol. The van der Waals surface area contributed by atoms with Gasteiger partial charge in [-0.15, -0.1) is 0 Å². The lowest BCUT2D eigenvalue weighted by Gasteiger charge is -2.30. The molecule has 6 nitrogen and oxygen atoms in total. The Morgan fingerprint density at radius 2 is 1.97 bits per heavy atom. The fourth-order valence-electron chi connectivity index (χ4n) is 3.06. The zero-order valence-electron chi connectivity index (χ0n) is 15.1. The van der Waals surface area contributed by atoms with Crippen LogP contribution in [0.4, 0.5) is 14.5 Å². The van der Waals surface area contributed by atoms with Crippen molar-refractivity contribution in [2.75, 3.05) is 18.4 Å². The van der Waals surface area contributed by atoms with Gasteiger partial charge in [-0.25, -0.2) is 8.42 Å². The summed E-state index contributed by atoms with van der Waals surface area (Å²) >= 11 is 6.25. The van der Waals surface area contributed by atoms with Gasteiger partial charge in [-0.2, -0.15) is 13.1 Å². The number of hydrogen-bond donors (Lipinski definition) is 1. The maximum Gasteiger partial charge on any atom is 0.289 e. The van der Waals surface area contributed by atoms with Crippen LogP contribution in [0.3, 0.4) is 0 Å². The van der Waals surface area contributed by atoms with Gasteiger partial charge < -0.3 is 5.32 Å². The molecule has 2 heterocycles. The Balaban J connectivity index is 1.65. The molecule has 2 aromatic rings. The van der Waals surface area contributed by atoms with E-state index < -0.39 is 21.7 Å². The Morgan fingerprint density at radius 3 is 2.59 bits per heavy atom. The second kappa shape index (κ2) is 9.38. The number of hydrogen-bond acceptors (Lipinski definition) is 5. The van der Waals surface area contributed by atoms with Crippen LogP contribution >= 0.6 is 23.4 Å². The van der Waals surface area contributed by atoms with Crippen LogP contribution in [0.5, 0.6) is 0 Å². The molecule has 3 rings (SSSR count). The molecule has 0 atom stereocenters. The molecule has 0 radical (unpaired) electrons. The van der Waals surface area contributed by atoms with Crippen LogP contribution in [0.15, 0.2) is 52.5 Å². The number of halogens is 3. The summed E-state index contributed by atoms with van der Waals surface area (Å²) in [5.74, 6) is -3.45. The van der Waals surface area contributed by atoms with Gasteiger partial charge in [0.05, 0.1) is 15.6 Å². The number of rotatable bonds is 6. The number of pyridine rings is 1. The summed E-state index contributed by atoms with van der Waals surface area (Å²) in [7, 11) is -3.66. The van der Waals surface area contributed by atoms with Crippen molar-refractivity contribution in [3.05, 3.63) is 47.7 Å². The average Bonchev–Trinajstić information content (AvgIpc) is 2.71.